The van der Waals surface area contributed by atoms with Gasteiger partial charge in [0.1, 0.15) is 11.5 Å². The SMILES string of the molecule is CCCC1Sc2cc(OC)cc(OC)c2N1C(C)(C)C. The molecule has 0 aromatic heterocycles. The number of anilines is 1. The van der Waals surface area contributed by atoms with Crippen LogP contribution in [-0.2, 0) is 0 Å². The first-order chi connectivity index (χ1) is 9.42. The molecule has 0 N–H and O–H groups in total. The zero-order valence-electron chi connectivity index (χ0n) is 13.3. The Kier molecular flexibility index (Phi) is 4.43. The van der Waals surface area contributed by atoms with Crippen molar-refractivity contribution in [1.29, 1.82) is 0 Å². The van der Waals surface area contributed by atoms with Crippen LogP contribution < -0.4 is 14.4 Å². The van der Waals surface area contributed by atoms with Gasteiger partial charge in [0.2, 0.25) is 0 Å². The van der Waals surface area contributed by atoms with E-state index in [4.69, 9.17) is 9.47 Å². The fourth-order valence-electron chi connectivity index (χ4n) is 2.70. The summed E-state index contributed by atoms with van der Waals surface area (Å²) in [6.45, 7) is 9.02. The topological polar surface area (TPSA) is 21.7 Å². The minimum atomic E-state index is 0.0694. The Labute approximate surface area is 126 Å². The molecular weight excluding hydrogens is 270 g/mol. The molecule has 4 heteroatoms. The van der Waals surface area contributed by atoms with E-state index in [1.807, 2.05) is 17.8 Å². The van der Waals surface area contributed by atoms with Gasteiger partial charge < -0.3 is 14.4 Å². The van der Waals surface area contributed by atoms with E-state index in [9.17, 15) is 0 Å². The van der Waals surface area contributed by atoms with Crippen molar-refractivity contribution in [2.24, 2.45) is 0 Å². The molecule has 0 aliphatic carbocycles. The molecule has 1 unspecified atom stereocenters. The highest BCUT2D eigenvalue weighted by Crippen LogP contribution is 2.53. The largest absolute Gasteiger partial charge is 0.497 e. The van der Waals surface area contributed by atoms with Gasteiger partial charge in [0.25, 0.3) is 0 Å². The van der Waals surface area contributed by atoms with Gasteiger partial charge in [0.05, 0.1) is 25.3 Å². The monoisotopic (exact) mass is 295 g/mol. The molecule has 0 spiro atoms. The van der Waals surface area contributed by atoms with E-state index in [2.05, 4.69) is 38.7 Å². The zero-order valence-corrected chi connectivity index (χ0v) is 14.1. The van der Waals surface area contributed by atoms with Crippen LogP contribution in [0.3, 0.4) is 0 Å². The average molecular weight is 295 g/mol. The number of ether oxygens (including phenoxy) is 2. The number of methoxy groups -OCH3 is 2. The lowest BCUT2D eigenvalue weighted by atomic mass is 10.0. The summed E-state index contributed by atoms with van der Waals surface area (Å²) in [5, 5.41) is 0.469. The molecule has 0 saturated carbocycles. The summed E-state index contributed by atoms with van der Waals surface area (Å²) < 4.78 is 11.0. The van der Waals surface area contributed by atoms with Crippen molar-refractivity contribution in [3.8, 4) is 11.5 Å². The fourth-order valence-corrected chi connectivity index (χ4v) is 4.37. The number of thioether (sulfide) groups is 1. The lowest BCUT2D eigenvalue weighted by Gasteiger charge is -2.39. The predicted molar refractivity (Wildman–Crippen MR) is 86.3 cm³/mol. The Morgan fingerprint density at radius 3 is 2.40 bits per heavy atom. The Morgan fingerprint density at radius 2 is 1.90 bits per heavy atom. The number of hydrogen-bond acceptors (Lipinski definition) is 4. The van der Waals surface area contributed by atoms with Crippen LogP contribution in [0, 0.1) is 0 Å². The first-order valence-electron chi connectivity index (χ1n) is 7.14. The van der Waals surface area contributed by atoms with E-state index >= 15 is 0 Å². The molecule has 0 amide bonds. The minimum Gasteiger partial charge on any atom is -0.497 e. The smallest absolute Gasteiger partial charge is 0.147 e. The summed E-state index contributed by atoms with van der Waals surface area (Å²) in [4.78, 5) is 3.75. The lowest BCUT2D eigenvalue weighted by molar-refractivity contribution is 0.388. The predicted octanol–water partition coefficient (Wildman–Crippen LogP) is 4.54. The molecule has 0 fully saturated rings. The second kappa shape index (κ2) is 5.76. The maximum Gasteiger partial charge on any atom is 0.147 e. The van der Waals surface area contributed by atoms with E-state index in [0.717, 1.165) is 11.5 Å². The molecule has 1 atom stereocenters. The van der Waals surface area contributed by atoms with Gasteiger partial charge >= 0.3 is 0 Å². The second-order valence-corrected chi connectivity index (χ2v) is 7.30. The van der Waals surface area contributed by atoms with Gasteiger partial charge in [-0.05, 0) is 33.3 Å². The molecule has 0 bridgehead atoms. The fraction of sp³-hybridized carbons (Fsp3) is 0.625. The number of rotatable bonds is 4. The van der Waals surface area contributed by atoms with Gasteiger partial charge in [-0.15, -0.1) is 0 Å². The molecule has 1 aromatic carbocycles. The van der Waals surface area contributed by atoms with Gasteiger partial charge in [-0.25, -0.2) is 0 Å². The molecule has 1 aliphatic heterocycles. The number of benzene rings is 1. The maximum atomic E-state index is 5.62. The highest BCUT2D eigenvalue weighted by molar-refractivity contribution is 8.00. The van der Waals surface area contributed by atoms with Crippen molar-refractivity contribution in [3.63, 3.8) is 0 Å². The molecule has 1 aliphatic rings. The Morgan fingerprint density at radius 1 is 1.20 bits per heavy atom. The van der Waals surface area contributed by atoms with Crippen LogP contribution in [-0.4, -0.2) is 25.1 Å². The van der Waals surface area contributed by atoms with Crippen molar-refractivity contribution in [2.75, 3.05) is 19.1 Å². The number of fused-ring (bicyclic) bond motifs is 1. The maximum absolute atomic E-state index is 5.62. The van der Waals surface area contributed by atoms with Crippen LogP contribution in [0.4, 0.5) is 5.69 Å². The zero-order chi connectivity index (χ0) is 14.9. The average Bonchev–Trinajstić information content (AvgIpc) is 2.75. The second-order valence-electron chi connectivity index (χ2n) is 6.08. The van der Waals surface area contributed by atoms with Gasteiger partial charge in [0.15, 0.2) is 0 Å². The van der Waals surface area contributed by atoms with Crippen molar-refractivity contribution in [1.82, 2.24) is 0 Å². The summed E-state index contributed by atoms with van der Waals surface area (Å²) in [5.41, 5.74) is 1.28. The van der Waals surface area contributed by atoms with E-state index in [1.54, 1.807) is 14.2 Å². The van der Waals surface area contributed by atoms with Crippen LogP contribution in [0.2, 0.25) is 0 Å². The highest BCUT2D eigenvalue weighted by atomic mass is 32.2. The number of nitrogens with zero attached hydrogens (tertiary/aromatic N) is 1. The molecule has 3 nitrogen and oxygen atoms in total. The Balaban J connectivity index is 2.53. The molecule has 2 rings (SSSR count). The third-order valence-electron chi connectivity index (χ3n) is 3.52. The van der Waals surface area contributed by atoms with Crippen molar-refractivity contribution < 1.29 is 9.47 Å². The van der Waals surface area contributed by atoms with Gasteiger partial charge in [-0.2, -0.15) is 0 Å². The third-order valence-corrected chi connectivity index (χ3v) is 4.80. The van der Waals surface area contributed by atoms with Crippen LogP contribution in [0.25, 0.3) is 0 Å². The summed E-state index contributed by atoms with van der Waals surface area (Å²) in [6.07, 6.45) is 2.35. The lowest BCUT2D eigenvalue weighted by Crippen LogP contribution is -2.45. The standard InChI is InChI=1S/C16H25NO2S/c1-7-8-14-17(16(2,3)4)15-12(19-6)9-11(18-5)10-13(15)20-14/h9-10,14H,7-8H2,1-6H3. The van der Waals surface area contributed by atoms with Crippen LogP contribution in [0.1, 0.15) is 40.5 Å². The van der Waals surface area contributed by atoms with Crippen LogP contribution in [0.5, 0.6) is 11.5 Å². The van der Waals surface area contributed by atoms with E-state index in [1.165, 1.54) is 23.4 Å². The Bertz CT molecular complexity index is 482. The molecule has 1 heterocycles. The van der Waals surface area contributed by atoms with E-state index in [0.29, 0.717) is 5.37 Å². The summed E-state index contributed by atoms with van der Waals surface area (Å²) in [5.74, 6) is 1.76. The van der Waals surface area contributed by atoms with Crippen LogP contribution >= 0.6 is 11.8 Å². The molecule has 112 valence electrons. The first-order valence-corrected chi connectivity index (χ1v) is 8.02. The molecule has 1 aromatic rings. The summed E-state index contributed by atoms with van der Waals surface area (Å²) in [6, 6.07) is 4.10. The van der Waals surface area contributed by atoms with E-state index in [-0.39, 0.29) is 5.54 Å². The minimum absolute atomic E-state index is 0.0694. The number of hydrogen-bond donors (Lipinski definition) is 0. The van der Waals surface area contributed by atoms with Crippen molar-refractivity contribution >= 4 is 17.4 Å². The highest BCUT2D eigenvalue weighted by Gasteiger charge is 2.39. The molecule has 20 heavy (non-hydrogen) atoms. The van der Waals surface area contributed by atoms with Crippen molar-refractivity contribution in [3.05, 3.63) is 12.1 Å². The molecular formula is C16H25NO2S. The van der Waals surface area contributed by atoms with Gasteiger partial charge in [-0.3, -0.25) is 0 Å². The van der Waals surface area contributed by atoms with Crippen molar-refractivity contribution in [2.45, 2.75) is 56.3 Å². The quantitative estimate of drug-likeness (QED) is 0.813. The van der Waals surface area contributed by atoms with E-state index < -0.39 is 0 Å². The first kappa shape index (κ1) is 15.4. The third kappa shape index (κ3) is 2.71. The van der Waals surface area contributed by atoms with Gasteiger partial charge in [0, 0.05) is 16.5 Å². The molecule has 0 saturated heterocycles. The normalized spacial score (nSPS) is 18.1. The Hall–Kier alpha value is -1.03. The summed E-state index contributed by atoms with van der Waals surface area (Å²) >= 11 is 1.92. The van der Waals surface area contributed by atoms with Crippen LogP contribution in [0.15, 0.2) is 17.0 Å². The van der Waals surface area contributed by atoms with Gasteiger partial charge in [-0.1, -0.05) is 25.1 Å². The molecule has 0 radical (unpaired) electrons. The summed E-state index contributed by atoms with van der Waals surface area (Å²) in [7, 11) is 3.43.